The van der Waals surface area contributed by atoms with Gasteiger partial charge in [0.1, 0.15) is 11.6 Å². The molecule has 0 amide bonds. The van der Waals surface area contributed by atoms with Gasteiger partial charge in [0, 0.05) is 17.8 Å². The minimum absolute atomic E-state index is 0.561. The molecule has 3 rings (SSSR count). The van der Waals surface area contributed by atoms with Crippen molar-refractivity contribution in [3.63, 3.8) is 0 Å². The lowest BCUT2D eigenvalue weighted by molar-refractivity contribution is 0.749. The third-order valence-electron chi connectivity index (χ3n) is 4.66. The van der Waals surface area contributed by atoms with Crippen LogP contribution in [0.1, 0.15) is 56.8 Å². The van der Waals surface area contributed by atoms with Crippen molar-refractivity contribution >= 4 is 5.82 Å². The van der Waals surface area contributed by atoms with Crippen molar-refractivity contribution in [3.8, 4) is 11.1 Å². The highest BCUT2D eigenvalue weighted by molar-refractivity contribution is 5.75. The number of hydrogen-bond acceptors (Lipinski definition) is 3. The summed E-state index contributed by atoms with van der Waals surface area (Å²) < 4.78 is 0. The van der Waals surface area contributed by atoms with Gasteiger partial charge in [-0.3, -0.25) is 0 Å². The van der Waals surface area contributed by atoms with Crippen LogP contribution in [0.2, 0.25) is 0 Å². The summed E-state index contributed by atoms with van der Waals surface area (Å²) in [6.07, 6.45) is 10.7. The van der Waals surface area contributed by atoms with E-state index in [1.165, 1.54) is 49.7 Å². The predicted octanol–water partition coefficient (Wildman–Crippen LogP) is 5.15. The zero-order valence-corrected chi connectivity index (χ0v) is 14.3. The van der Waals surface area contributed by atoms with Crippen LogP contribution in [0.4, 0.5) is 5.82 Å². The van der Waals surface area contributed by atoms with Gasteiger partial charge in [-0.2, -0.15) is 0 Å². The minimum Gasteiger partial charge on any atom is -0.367 e. The maximum Gasteiger partial charge on any atom is 0.137 e. The number of aryl methyl sites for hydroxylation is 2. The van der Waals surface area contributed by atoms with Crippen molar-refractivity contribution in [2.45, 2.75) is 64.8 Å². The molecule has 0 unspecified atom stereocenters. The molecular weight excluding hydrogens is 282 g/mol. The quantitative estimate of drug-likeness (QED) is 0.802. The fourth-order valence-corrected chi connectivity index (χ4v) is 3.33. The van der Waals surface area contributed by atoms with E-state index in [4.69, 9.17) is 0 Å². The van der Waals surface area contributed by atoms with Crippen molar-refractivity contribution in [3.05, 3.63) is 41.9 Å². The Labute approximate surface area is 139 Å². The number of nitrogens with zero attached hydrogens (tertiary/aromatic N) is 2. The third kappa shape index (κ3) is 4.10. The number of anilines is 1. The Hall–Kier alpha value is -1.90. The molecule has 122 valence electrons. The molecule has 1 fully saturated rings. The molecule has 3 nitrogen and oxygen atoms in total. The van der Waals surface area contributed by atoms with Crippen LogP contribution in [-0.4, -0.2) is 16.0 Å². The largest absolute Gasteiger partial charge is 0.367 e. The normalized spacial score (nSPS) is 15.0. The van der Waals surface area contributed by atoms with Crippen LogP contribution in [0.15, 0.2) is 30.5 Å². The zero-order valence-electron chi connectivity index (χ0n) is 14.3. The summed E-state index contributed by atoms with van der Waals surface area (Å²) in [5, 5.41) is 3.66. The fourth-order valence-electron chi connectivity index (χ4n) is 3.33. The SMILES string of the molecule is CCCCc1cccc(-c2cnc(C)nc2NC2CCCC2)c1. The van der Waals surface area contributed by atoms with E-state index in [9.17, 15) is 0 Å². The Morgan fingerprint density at radius 2 is 2.04 bits per heavy atom. The number of hydrogen-bond donors (Lipinski definition) is 1. The molecule has 0 atom stereocenters. The maximum absolute atomic E-state index is 4.68. The minimum atomic E-state index is 0.561. The highest BCUT2D eigenvalue weighted by Gasteiger charge is 2.17. The molecule has 0 aliphatic heterocycles. The molecule has 1 aliphatic carbocycles. The van der Waals surface area contributed by atoms with Crippen LogP contribution >= 0.6 is 0 Å². The fraction of sp³-hybridized carbons (Fsp3) is 0.500. The van der Waals surface area contributed by atoms with Gasteiger partial charge in [-0.25, -0.2) is 9.97 Å². The Morgan fingerprint density at radius 3 is 2.83 bits per heavy atom. The Kier molecular flexibility index (Phi) is 5.27. The summed E-state index contributed by atoms with van der Waals surface area (Å²) >= 11 is 0. The van der Waals surface area contributed by atoms with Crippen molar-refractivity contribution in [2.75, 3.05) is 5.32 Å². The number of aromatic nitrogens is 2. The molecular formula is C20H27N3. The van der Waals surface area contributed by atoms with Gasteiger partial charge >= 0.3 is 0 Å². The van der Waals surface area contributed by atoms with E-state index >= 15 is 0 Å². The molecule has 1 heterocycles. The zero-order chi connectivity index (χ0) is 16.1. The molecule has 0 spiro atoms. The Balaban J connectivity index is 1.88. The standard InChI is InChI=1S/C20H27N3/c1-3-4-8-16-9-7-10-17(13-16)19-14-21-15(2)22-20(19)23-18-11-5-6-12-18/h7,9-10,13-14,18H,3-6,8,11-12H2,1-2H3,(H,21,22,23). The first-order valence-corrected chi connectivity index (χ1v) is 8.95. The molecule has 3 heteroatoms. The first kappa shape index (κ1) is 16.0. The van der Waals surface area contributed by atoms with E-state index in [0.29, 0.717) is 6.04 Å². The second-order valence-corrected chi connectivity index (χ2v) is 6.61. The van der Waals surface area contributed by atoms with E-state index in [-0.39, 0.29) is 0 Å². The van der Waals surface area contributed by atoms with Crippen LogP contribution in [0, 0.1) is 6.92 Å². The van der Waals surface area contributed by atoms with E-state index in [0.717, 1.165) is 23.6 Å². The Bertz CT molecular complexity index is 645. The number of rotatable bonds is 6. The van der Waals surface area contributed by atoms with Crippen molar-refractivity contribution < 1.29 is 0 Å². The lowest BCUT2D eigenvalue weighted by atomic mass is 10.0. The highest BCUT2D eigenvalue weighted by Crippen LogP contribution is 2.30. The monoisotopic (exact) mass is 309 g/mol. The van der Waals surface area contributed by atoms with E-state index in [1.807, 2.05) is 13.1 Å². The summed E-state index contributed by atoms with van der Waals surface area (Å²) in [5.74, 6) is 1.83. The van der Waals surface area contributed by atoms with Crippen LogP contribution < -0.4 is 5.32 Å². The number of nitrogens with one attached hydrogen (secondary N) is 1. The summed E-state index contributed by atoms with van der Waals surface area (Å²) in [6, 6.07) is 9.40. The topological polar surface area (TPSA) is 37.8 Å². The summed E-state index contributed by atoms with van der Waals surface area (Å²) in [6.45, 7) is 4.20. The predicted molar refractivity (Wildman–Crippen MR) is 96.7 cm³/mol. The lowest BCUT2D eigenvalue weighted by Gasteiger charge is -2.17. The number of unbranched alkanes of at least 4 members (excludes halogenated alkanes) is 1. The van der Waals surface area contributed by atoms with E-state index < -0.39 is 0 Å². The smallest absolute Gasteiger partial charge is 0.137 e. The molecule has 1 aromatic heterocycles. The van der Waals surface area contributed by atoms with Gasteiger partial charge < -0.3 is 5.32 Å². The average Bonchev–Trinajstić information content (AvgIpc) is 3.06. The van der Waals surface area contributed by atoms with Crippen LogP contribution in [0.25, 0.3) is 11.1 Å². The lowest BCUT2D eigenvalue weighted by Crippen LogP contribution is -2.16. The van der Waals surface area contributed by atoms with Gasteiger partial charge in [0.2, 0.25) is 0 Å². The van der Waals surface area contributed by atoms with Gasteiger partial charge in [0.15, 0.2) is 0 Å². The van der Waals surface area contributed by atoms with Crippen molar-refractivity contribution in [1.29, 1.82) is 0 Å². The molecule has 2 aromatic rings. The van der Waals surface area contributed by atoms with Gasteiger partial charge in [0.25, 0.3) is 0 Å². The molecule has 0 radical (unpaired) electrons. The van der Waals surface area contributed by atoms with Crippen LogP contribution in [0.3, 0.4) is 0 Å². The van der Waals surface area contributed by atoms with Crippen molar-refractivity contribution in [1.82, 2.24) is 9.97 Å². The van der Waals surface area contributed by atoms with Gasteiger partial charge in [-0.05, 0) is 43.7 Å². The molecule has 1 saturated carbocycles. The summed E-state index contributed by atoms with van der Waals surface area (Å²) in [5.41, 5.74) is 3.75. The van der Waals surface area contributed by atoms with Gasteiger partial charge in [0.05, 0.1) is 0 Å². The second-order valence-electron chi connectivity index (χ2n) is 6.61. The first-order chi connectivity index (χ1) is 11.3. The third-order valence-corrected chi connectivity index (χ3v) is 4.66. The molecule has 0 saturated heterocycles. The first-order valence-electron chi connectivity index (χ1n) is 8.95. The molecule has 23 heavy (non-hydrogen) atoms. The second kappa shape index (κ2) is 7.58. The number of benzene rings is 1. The van der Waals surface area contributed by atoms with E-state index in [2.05, 4.69) is 46.5 Å². The summed E-state index contributed by atoms with van der Waals surface area (Å²) in [7, 11) is 0. The highest BCUT2D eigenvalue weighted by atomic mass is 15.1. The molecule has 1 aliphatic rings. The van der Waals surface area contributed by atoms with Crippen molar-refractivity contribution in [2.24, 2.45) is 0 Å². The van der Waals surface area contributed by atoms with Gasteiger partial charge in [-0.1, -0.05) is 50.5 Å². The maximum atomic E-state index is 4.68. The van der Waals surface area contributed by atoms with Crippen LogP contribution in [0.5, 0.6) is 0 Å². The molecule has 1 aromatic carbocycles. The average molecular weight is 309 g/mol. The van der Waals surface area contributed by atoms with Gasteiger partial charge in [-0.15, -0.1) is 0 Å². The Morgan fingerprint density at radius 1 is 1.22 bits per heavy atom. The van der Waals surface area contributed by atoms with Crippen LogP contribution in [-0.2, 0) is 6.42 Å². The summed E-state index contributed by atoms with van der Waals surface area (Å²) in [4.78, 5) is 9.11. The molecule has 0 bridgehead atoms. The van der Waals surface area contributed by atoms with E-state index in [1.54, 1.807) is 0 Å². The molecule has 1 N–H and O–H groups in total.